The van der Waals surface area contributed by atoms with Gasteiger partial charge >= 0.3 is 0 Å². The molecular weight excluding hydrogens is 309 g/mol. The maximum atomic E-state index is 13.9. The fourth-order valence-corrected chi connectivity index (χ4v) is 3.29. The molecule has 1 aliphatic heterocycles. The van der Waals surface area contributed by atoms with Crippen molar-refractivity contribution < 1.29 is 9.18 Å². The van der Waals surface area contributed by atoms with Crippen LogP contribution in [0.2, 0.25) is 0 Å². The third-order valence-corrected chi connectivity index (χ3v) is 4.35. The maximum absolute atomic E-state index is 13.9. The van der Waals surface area contributed by atoms with Gasteiger partial charge in [0.15, 0.2) is 5.78 Å². The molecule has 1 aliphatic rings. The molecule has 0 spiro atoms. The summed E-state index contributed by atoms with van der Waals surface area (Å²) in [5.41, 5.74) is -0.222. The highest BCUT2D eigenvalue weighted by Crippen LogP contribution is 2.36. The predicted octanol–water partition coefficient (Wildman–Crippen LogP) is 3.94. The zero-order chi connectivity index (χ0) is 13.9. The van der Waals surface area contributed by atoms with Crippen LogP contribution < -0.4 is 5.32 Å². The molecule has 4 heteroatoms. The van der Waals surface area contributed by atoms with Gasteiger partial charge in [0, 0.05) is 16.4 Å². The van der Waals surface area contributed by atoms with Crippen LogP contribution in [0.4, 0.5) is 4.39 Å². The Morgan fingerprint density at radius 3 is 2.95 bits per heavy atom. The number of ketones is 1. The van der Waals surface area contributed by atoms with E-state index in [1.807, 2.05) is 0 Å². The van der Waals surface area contributed by atoms with Gasteiger partial charge in [-0.2, -0.15) is 0 Å². The molecule has 2 nitrogen and oxygen atoms in total. The molecule has 19 heavy (non-hydrogen) atoms. The SMILES string of the molecule is CCCC1(C(=O)c2cc(Br)ccc2F)CCCNC1. The van der Waals surface area contributed by atoms with Crippen LogP contribution in [0.15, 0.2) is 22.7 Å². The Labute approximate surface area is 121 Å². The third kappa shape index (κ3) is 3.06. The molecule has 0 radical (unpaired) electrons. The Balaban J connectivity index is 2.36. The minimum atomic E-state index is -0.436. The molecule has 0 aromatic heterocycles. The highest BCUT2D eigenvalue weighted by molar-refractivity contribution is 9.10. The average molecular weight is 328 g/mol. The summed E-state index contributed by atoms with van der Waals surface area (Å²) in [6, 6.07) is 4.58. The van der Waals surface area contributed by atoms with Gasteiger partial charge in [-0.3, -0.25) is 4.79 Å². The van der Waals surface area contributed by atoms with E-state index in [0.717, 1.165) is 36.7 Å². The van der Waals surface area contributed by atoms with Crippen molar-refractivity contribution in [2.45, 2.75) is 32.6 Å². The van der Waals surface area contributed by atoms with Gasteiger partial charge in [-0.25, -0.2) is 4.39 Å². The van der Waals surface area contributed by atoms with Crippen LogP contribution in [-0.4, -0.2) is 18.9 Å². The number of benzene rings is 1. The van der Waals surface area contributed by atoms with Gasteiger partial charge in [-0.05, 0) is 44.0 Å². The number of Topliss-reactive ketones (excluding diaryl/α,β-unsaturated/α-hetero) is 1. The van der Waals surface area contributed by atoms with Gasteiger partial charge in [-0.1, -0.05) is 29.3 Å². The van der Waals surface area contributed by atoms with E-state index in [1.165, 1.54) is 6.07 Å². The molecule has 0 aliphatic carbocycles. The average Bonchev–Trinajstić information content (AvgIpc) is 2.42. The van der Waals surface area contributed by atoms with Gasteiger partial charge in [0.05, 0.1) is 5.56 Å². The zero-order valence-electron chi connectivity index (χ0n) is 11.1. The predicted molar refractivity (Wildman–Crippen MR) is 77.9 cm³/mol. The summed E-state index contributed by atoms with van der Waals surface area (Å²) in [7, 11) is 0. The number of carbonyl (C=O) groups excluding carboxylic acids is 1. The molecule has 1 unspecified atom stereocenters. The number of hydrogen-bond acceptors (Lipinski definition) is 2. The molecule has 0 saturated carbocycles. The molecule has 1 aromatic carbocycles. The van der Waals surface area contributed by atoms with Crippen LogP contribution in [0.3, 0.4) is 0 Å². The lowest BCUT2D eigenvalue weighted by molar-refractivity contribution is 0.0713. The second kappa shape index (κ2) is 6.14. The summed E-state index contributed by atoms with van der Waals surface area (Å²) in [6.45, 7) is 3.67. The van der Waals surface area contributed by atoms with Gasteiger partial charge in [-0.15, -0.1) is 0 Å². The molecule has 104 valence electrons. The van der Waals surface area contributed by atoms with E-state index in [-0.39, 0.29) is 11.3 Å². The van der Waals surface area contributed by atoms with E-state index in [2.05, 4.69) is 28.2 Å². The van der Waals surface area contributed by atoms with Gasteiger partial charge in [0.1, 0.15) is 5.82 Å². The summed E-state index contributed by atoms with van der Waals surface area (Å²) in [5, 5.41) is 3.29. The fourth-order valence-electron chi connectivity index (χ4n) is 2.92. The topological polar surface area (TPSA) is 29.1 Å². The second-order valence-electron chi connectivity index (χ2n) is 5.26. The first-order valence-electron chi connectivity index (χ1n) is 6.79. The molecule has 0 amide bonds. The quantitative estimate of drug-likeness (QED) is 0.848. The van der Waals surface area contributed by atoms with Crippen LogP contribution in [0.1, 0.15) is 43.0 Å². The molecule has 1 N–H and O–H groups in total. The van der Waals surface area contributed by atoms with Crippen molar-refractivity contribution in [1.29, 1.82) is 0 Å². The Hall–Kier alpha value is -0.740. The summed E-state index contributed by atoms with van der Waals surface area (Å²) < 4.78 is 14.7. The first kappa shape index (κ1) is 14.7. The van der Waals surface area contributed by atoms with Crippen LogP contribution in [0, 0.1) is 11.2 Å². The smallest absolute Gasteiger partial charge is 0.173 e. The van der Waals surface area contributed by atoms with Gasteiger partial charge in [0.2, 0.25) is 0 Å². The number of carbonyl (C=O) groups is 1. The van der Waals surface area contributed by atoms with E-state index in [1.54, 1.807) is 12.1 Å². The van der Waals surface area contributed by atoms with E-state index in [4.69, 9.17) is 0 Å². The molecule has 1 saturated heterocycles. The van der Waals surface area contributed by atoms with Crippen LogP contribution in [-0.2, 0) is 0 Å². The molecule has 1 heterocycles. The van der Waals surface area contributed by atoms with Crippen LogP contribution >= 0.6 is 15.9 Å². The van der Waals surface area contributed by atoms with E-state index in [9.17, 15) is 9.18 Å². The lowest BCUT2D eigenvalue weighted by Gasteiger charge is -2.36. The molecule has 1 atom stereocenters. The van der Waals surface area contributed by atoms with E-state index < -0.39 is 11.2 Å². The van der Waals surface area contributed by atoms with Crippen LogP contribution in [0.25, 0.3) is 0 Å². The Kier molecular flexibility index (Phi) is 4.74. The summed E-state index contributed by atoms with van der Waals surface area (Å²) >= 11 is 3.31. The molecule has 2 rings (SSSR count). The zero-order valence-corrected chi connectivity index (χ0v) is 12.7. The van der Waals surface area contributed by atoms with E-state index in [0.29, 0.717) is 6.54 Å². The number of piperidine rings is 1. The highest BCUT2D eigenvalue weighted by Gasteiger charge is 2.40. The molecule has 0 bridgehead atoms. The highest BCUT2D eigenvalue weighted by atomic mass is 79.9. The molecule has 1 aromatic rings. The third-order valence-electron chi connectivity index (χ3n) is 3.86. The first-order valence-corrected chi connectivity index (χ1v) is 7.59. The van der Waals surface area contributed by atoms with Gasteiger partial charge < -0.3 is 5.32 Å². The number of halogens is 2. The molecule has 1 fully saturated rings. The van der Waals surface area contributed by atoms with Crippen molar-refractivity contribution in [1.82, 2.24) is 5.32 Å². The minimum absolute atomic E-state index is 0.0552. The lowest BCUT2D eigenvalue weighted by Crippen LogP contribution is -2.45. The minimum Gasteiger partial charge on any atom is -0.316 e. The van der Waals surface area contributed by atoms with Gasteiger partial charge in [0.25, 0.3) is 0 Å². The lowest BCUT2D eigenvalue weighted by atomic mass is 9.71. The van der Waals surface area contributed by atoms with Crippen molar-refractivity contribution in [2.75, 3.05) is 13.1 Å². The Morgan fingerprint density at radius 1 is 1.53 bits per heavy atom. The normalized spacial score (nSPS) is 23.3. The van der Waals surface area contributed by atoms with Crippen molar-refractivity contribution in [3.05, 3.63) is 34.1 Å². The largest absolute Gasteiger partial charge is 0.316 e. The number of hydrogen-bond donors (Lipinski definition) is 1. The van der Waals surface area contributed by atoms with Crippen molar-refractivity contribution in [3.63, 3.8) is 0 Å². The Bertz CT molecular complexity index is 464. The number of nitrogens with one attached hydrogen (secondary N) is 1. The Morgan fingerprint density at radius 2 is 2.32 bits per heavy atom. The summed E-state index contributed by atoms with van der Waals surface area (Å²) in [5.74, 6) is -0.477. The van der Waals surface area contributed by atoms with E-state index >= 15 is 0 Å². The second-order valence-corrected chi connectivity index (χ2v) is 6.18. The number of rotatable bonds is 4. The first-order chi connectivity index (χ1) is 9.09. The summed E-state index contributed by atoms with van der Waals surface area (Å²) in [6.07, 6.45) is 3.56. The fraction of sp³-hybridized carbons (Fsp3) is 0.533. The maximum Gasteiger partial charge on any atom is 0.173 e. The van der Waals surface area contributed by atoms with Crippen molar-refractivity contribution in [3.8, 4) is 0 Å². The standard InChI is InChI=1S/C15H19BrFNO/c1-2-6-15(7-3-8-18-10-15)14(19)12-9-11(16)4-5-13(12)17/h4-5,9,18H,2-3,6-8,10H2,1H3. The van der Waals surface area contributed by atoms with Crippen molar-refractivity contribution >= 4 is 21.7 Å². The van der Waals surface area contributed by atoms with Crippen molar-refractivity contribution in [2.24, 2.45) is 5.41 Å². The van der Waals surface area contributed by atoms with Crippen LogP contribution in [0.5, 0.6) is 0 Å². The summed E-state index contributed by atoms with van der Waals surface area (Å²) in [4.78, 5) is 12.8. The monoisotopic (exact) mass is 327 g/mol. The molecular formula is C15H19BrFNO.